The summed E-state index contributed by atoms with van der Waals surface area (Å²) in [7, 11) is 3.89. The number of benzene rings is 1. The molecule has 25 heavy (non-hydrogen) atoms. The van der Waals surface area contributed by atoms with Gasteiger partial charge in [-0.3, -0.25) is 10.2 Å². The Morgan fingerprint density at radius 2 is 1.76 bits per heavy atom. The Labute approximate surface area is 147 Å². The van der Waals surface area contributed by atoms with Crippen molar-refractivity contribution in [1.29, 1.82) is 0 Å². The van der Waals surface area contributed by atoms with Crippen molar-refractivity contribution in [3.05, 3.63) is 41.6 Å². The number of carbonyl (C=O) groups is 1. The van der Waals surface area contributed by atoms with Crippen LogP contribution < -0.4 is 10.6 Å². The molecule has 0 atom stereocenters. The minimum absolute atomic E-state index is 0.271. The Hall–Kier alpha value is -2.45. The van der Waals surface area contributed by atoms with Crippen molar-refractivity contribution < 1.29 is 4.79 Å². The molecule has 2 heterocycles. The number of likely N-dealkylation sites (N-methyl/N-ethyl adjacent to an activating group) is 1. The average Bonchev–Trinajstić information content (AvgIpc) is 3.01. The van der Waals surface area contributed by atoms with Crippen LogP contribution in [0.2, 0.25) is 0 Å². The Bertz CT molecular complexity index is 689. The number of carbonyl (C=O) groups excluding carboxylic acids is 1. The topological polar surface area (TPSA) is 78.3 Å². The molecule has 0 radical (unpaired) electrons. The van der Waals surface area contributed by atoms with Crippen molar-refractivity contribution in [1.82, 2.24) is 30.1 Å². The lowest BCUT2D eigenvalue weighted by Gasteiger charge is -2.32. The lowest BCUT2D eigenvalue weighted by atomic mass is 10.1. The summed E-state index contributed by atoms with van der Waals surface area (Å²) in [6, 6.07) is 8.14. The molecule has 8 nitrogen and oxygen atoms in total. The third-order valence-corrected chi connectivity index (χ3v) is 4.43. The van der Waals surface area contributed by atoms with E-state index in [0.717, 1.165) is 38.3 Å². The monoisotopic (exact) mass is 343 g/mol. The molecule has 2 aromatic rings. The molecule has 0 spiro atoms. The molecule has 2 N–H and O–H groups in total. The fraction of sp³-hybridized carbons (Fsp3) is 0.471. The summed E-state index contributed by atoms with van der Waals surface area (Å²) in [5.74, 6) is 0.556. The van der Waals surface area contributed by atoms with Gasteiger partial charge < -0.3 is 10.2 Å². The summed E-state index contributed by atoms with van der Waals surface area (Å²) in [5, 5.41) is 13.0. The first kappa shape index (κ1) is 17.4. The van der Waals surface area contributed by atoms with Gasteiger partial charge in [-0.1, -0.05) is 29.5 Å². The van der Waals surface area contributed by atoms with Gasteiger partial charge in [-0.2, -0.15) is 0 Å². The highest BCUT2D eigenvalue weighted by atomic mass is 16.2. The van der Waals surface area contributed by atoms with Gasteiger partial charge in [0.1, 0.15) is 0 Å². The number of urea groups is 1. The number of rotatable bonds is 5. The maximum atomic E-state index is 11.9. The van der Waals surface area contributed by atoms with Gasteiger partial charge in [-0.05, 0) is 18.2 Å². The maximum Gasteiger partial charge on any atom is 0.320 e. The highest BCUT2D eigenvalue weighted by molar-refractivity contribution is 5.88. The number of nitrogens with one attached hydrogen (secondary N) is 2. The lowest BCUT2D eigenvalue weighted by molar-refractivity contribution is 0.148. The molecule has 1 saturated heterocycles. The van der Waals surface area contributed by atoms with Gasteiger partial charge in [0.25, 0.3) is 0 Å². The summed E-state index contributed by atoms with van der Waals surface area (Å²) in [5.41, 5.74) is 2.37. The van der Waals surface area contributed by atoms with Gasteiger partial charge in [0, 0.05) is 46.3 Å². The fourth-order valence-corrected chi connectivity index (χ4v) is 2.77. The van der Waals surface area contributed by atoms with Crippen molar-refractivity contribution in [3.63, 3.8) is 0 Å². The Kier molecular flexibility index (Phi) is 5.62. The lowest BCUT2D eigenvalue weighted by Crippen LogP contribution is -2.43. The summed E-state index contributed by atoms with van der Waals surface area (Å²) < 4.78 is 1.51. The van der Waals surface area contributed by atoms with Gasteiger partial charge in [-0.15, -0.1) is 5.10 Å². The van der Waals surface area contributed by atoms with E-state index < -0.39 is 0 Å². The van der Waals surface area contributed by atoms with Gasteiger partial charge >= 0.3 is 6.03 Å². The van der Waals surface area contributed by atoms with Crippen LogP contribution in [0.4, 0.5) is 10.6 Å². The second-order valence-electron chi connectivity index (χ2n) is 6.45. The SMILES string of the molecule is CN1CCN(Cc2ccc(CNC(=O)Nc3cnnn3C)cc2)CC1. The number of aromatic nitrogens is 3. The summed E-state index contributed by atoms with van der Waals surface area (Å²) in [6.07, 6.45) is 1.51. The van der Waals surface area contributed by atoms with Crippen molar-refractivity contribution >= 4 is 11.8 Å². The van der Waals surface area contributed by atoms with E-state index in [1.54, 1.807) is 7.05 Å². The van der Waals surface area contributed by atoms with Crippen LogP contribution in [0.15, 0.2) is 30.5 Å². The molecule has 134 valence electrons. The molecule has 1 aromatic carbocycles. The molecule has 1 fully saturated rings. The van der Waals surface area contributed by atoms with Crippen LogP contribution in [0.1, 0.15) is 11.1 Å². The normalized spacial score (nSPS) is 15.9. The first-order valence-electron chi connectivity index (χ1n) is 8.48. The van der Waals surface area contributed by atoms with E-state index in [2.05, 4.69) is 62.1 Å². The van der Waals surface area contributed by atoms with Gasteiger partial charge in [0.15, 0.2) is 5.82 Å². The number of hydrogen-bond donors (Lipinski definition) is 2. The highest BCUT2D eigenvalue weighted by Crippen LogP contribution is 2.10. The van der Waals surface area contributed by atoms with Gasteiger partial charge in [0.2, 0.25) is 0 Å². The molecule has 0 bridgehead atoms. The molecule has 0 saturated carbocycles. The first-order valence-corrected chi connectivity index (χ1v) is 8.48. The molecule has 8 heteroatoms. The molecule has 2 amide bonds. The molecule has 1 aliphatic rings. The molecule has 3 rings (SSSR count). The number of aryl methyl sites for hydroxylation is 1. The predicted octanol–water partition coefficient (Wildman–Crippen LogP) is 0.884. The standard InChI is InChI=1S/C17H25N7O/c1-22-7-9-24(10-8-22)13-15-5-3-14(4-6-15)11-18-17(25)20-16-12-19-21-23(16)2/h3-6,12H,7-11,13H2,1-2H3,(H2,18,20,25). The third kappa shape index (κ3) is 5.01. The van der Waals surface area contributed by atoms with Crippen LogP contribution in [0.3, 0.4) is 0 Å². The van der Waals surface area contributed by atoms with Crippen molar-refractivity contribution in [2.24, 2.45) is 7.05 Å². The molecule has 1 aromatic heterocycles. The number of anilines is 1. The molecular formula is C17H25N7O. The molecule has 0 unspecified atom stereocenters. The van der Waals surface area contributed by atoms with Crippen LogP contribution in [-0.2, 0) is 20.1 Å². The van der Waals surface area contributed by atoms with Crippen LogP contribution in [0.25, 0.3) is 0 Å². The average molecular weight is 343 g/mol. The summed E-state index contributed by atoms with van der Waals surface area (Å²) in [6.45, 7) is 5.94. The second kappa shape index (κ2) is 8.09. The molecule has 1 aliphatic heterocycles. The minimum atomic E-state index is -0.271. The van der Waals surface area contributed by atoms with E-state index in [1.165, 1.54) is 16.4 Å². The van der Waals surface area contributed by atoms with E-state index >= 15 is 0 Å². The van der Waals surface area contributed by atoms with Crippen LogP contribution in [0, 0.1) is 0 Å². The van der Waals surface area contributed by atoms with E-state index in [9.17, 15) is 4.79 Å². The van der Waals surface area contributed by atoms with Gasteiger partial charge in [-0.25, -0.2) is 9.48 Å². The highest BCUT2D eigenvalue weighted by Gasteiger charge is 2.13. The minimum Gasteiger partial charge on any atom is -0.334 e. The summed E-state index contributed by atoms with van der Waals surface area (Å²) >= 11 is 0. The zero-order valence-corrected chi connectivity index (χ0v) is 14.8. The molecular weight excluding hydrogens is 318 g/mol. The Morgan fingerprint density at radius 3 is 2.40 bits per heavy atom. The Balaban J connectivity index is 1.44. The first-order chi connectivity index (χ1) is 12.1. The van der Waals surface area contributed by atoms with E-state index in [-0.39, 0.29) is 6.03 Å². The van der Waals surface area contributed by atoms with E-state index in [0.29, 0.717) is 12.4 Å². The quantitative estimate of drug-likeness (QED) is 0.843. The van der Waals surface area contributed by atoms with Crippen LogP contribution in [-0.4, -0.2) is 64.1 Å². The third-order valence-electron chi connectivity index (χ3n) is 4.43. The number of hydrogen-bond acceptors (Lipinski definition) is 5. The number of nitrogens with zero attached hydrogens (tertiary/aromatic N) is 5. The maximum absolute atomic E-state index is 11.9. The largest absolute Gasteiger partial charge is 0.334 e. The summed E-state index contributed by atoms with van der Waals surface area (Å²) in [4.78, 5) is 16.7. The van der Waals surface area contributed by atoms with Crippen molar-refractivity contribution in [3.8, 4) is 0 Å². The number of amides is 2. The van der Waals surface area contributed by atoms with Crippen molar-refractivity contribution in [2.45, 2.75) is 13.1 Å². The van der Waals surface area contributed by atoms with Crippen molar-refractivity contribution in [2.75, 3.05) is 38.5 Å². The Morgan fingerprint density at radius 1 is 1.08 bits per heavy atom. The smallest absolute Gasteiger partial charge is 0.320 e. The van der Waals surface area contributed by atoms with Crippen LogP contribution in [0.5, 0.6) is 0 Å². The predicted molar refractivity (Wildman–Crippen MR) is 96.1 cm³/mol. The molecule has 0 aliphatic carbocycles. The van der Waals surface area contributed by atoms with Crippen LogP contribution >= 0.6 is 0 Å². The van der Waals surface area contributed by atoms with E-state index in [4.69, 9.17) is 0 Å². The zero-order valence-electron chi connectivity index (χ0n) is 14.8. The van der Waals surface area contributed by atoms with E-state index in [1.807, 2.05) is 0 Å². The fourth-order valence-electron chi connectivity index (χ4n) is 2.77. The number of piperazine rings is 1. The van der Waals surface area contributed by atoms with Gasteiger partial charge in [0.05, 0.1) is 6.20 Å². The second-order valence-corrected chi connectivity index (χ2v) is 6.45. The zero-order chi connectivity index (χ0) is 17.6.